The third-order valence-corrected chi connectivity index (χ3v) is 5.32. The molecule has 6 nitrogen and oxygen atoms in total. The normalized spacial score (nSPS) is 11.6. The largest absolute Gasteiger partial charge is 0.366 e. The summed E-state index contributed by atoms with van der Waals surface area (Å²) in [6, 6.07) is 10.8. The number of hydrogen-bond acceptors (Lipinski definition) is 3. The third kappa shape index (κ3) is 3.33. The van der Waals surface area contributed by atoms with Crippen LogP contribution < -0.4 is 10.0 Å². The van der Waals surface area contributed by atoms with E-state index in [9.17, 15) is 13.2 Å². The molecule has 0 spiro atoms. The van der Waals surface area contributed by atoms with Crippen LogP contribution in [0.2, 0.25) is 0 Å². The molecule has 0 radical (unpaired) electrons. The highest BCUT2D eigenvalue weighted by atomic mass is 32.2. The Morgan fingerprint density at radius 2 is 1.93 bits per heavy atom. The fourth-order valence-corrected chi connectivity index (χ4v) is 3.78. The number of aromatic amines is 1. The van der Waals surface area contributed by atoms with Gasteiger partial charge in [-0.3, -0.25) is 4.79 Å². The standard InChI is InChI=1S/C20H21N3O3S/c1-4-10-23(27(25)26)15-7-5-6-14(11-15)16-8-9-17(20(21)24)19-18(16)12(2)13(3)22-19/h4-11,22,27H,1-3H3,(H2,21,24). The minimum atomic E-state index is -2.80. The maximum Gasteiger partial charge on any atom is 0.250 e. The Kier molecular flexibility index (Phi) is 5.05. The Bertz CT molecular complexity index is 1130. The Morgan fingerprint density at radius 1 is 1.19 bits per heavy atom. The van der Waals surface area contributed by atoms with Crippen molar-refractivity contribution in [3.05, 3.63) is 65.5 Å². The van der Waals surface area contributed by atoms with E-state index in [0.717, 1.165) is 27.8 Å². The molecule has 3 N–H and O–H groups in total. The second-order valence-corrected chi connectivity index (χ2v) is 7.17. The van der Waals surface area contributed by atoms with Crippen molar-refractivity contribution in [3.63, 3.8) is 0 Å². The zero-order chi connectivity index (χ0) is 19.7. The van der Waals surface area contributed by atoms with Gasteiger partial charge in [-0.2, -0.15) is 0 Å². The number of anilines is 1. The summed E-state index contributed by atoms with van der Waals surface area (Å²) in [5, 5.41) is 0.907. The Morgan fingerprint density at radius 3 is 2.56 bits per heavy atom. The zero-order valence-electron chi connectivity index (χ0n) is 15.3. The molecule has 2 aromatic carbocycles. The predicted octanol–water partition coefficient (Wildman–Crippen LogP) is 3.42. The molecular formula is C20H21N3O3S. The lowest BCUT2D eigenvalue weighted by Crippen LogP contribution is -2.13. The first-order valence-corrected chi connectivity index (χ1v) is 9.56. The summed E-state index contributed by atoms with van der Waals surface area (Å²) < 4.78 is 24.4. The van der Waals surface area contributed by atoms with Gasteiger partial charge in [0.2, 0.25) is 10.9 Å². The van der Waals surface area contributed by atoms with Crippen LogP contribution in [0.25, 0.3) is 22.0 Å². The number of fused-ring (bicyclic) bond motifs is 1. The molecule has 0 bridgehead atoms. The third-order valence-electron chi connectivity index (χ3n) is 4.61. The van der Waals surface area contributed by atoms with E-state index in [4.69, 9.17) is 5.73 Å². The highest BCUT2D eigenvalue weighted by molar-refractivity contribution is 7.74. The molecule has 140 valence electrons. The van der Waals surface area contributed by atoms with Crippen molar-refractivity contribution < 1.29 is 13.2 Å². The number of nitrogens with two attached hydrogens (primary N) is 1. The van der Waals surface area contributed by atoms with Gasteiger partial charge in [-0.25, -0.2) is 12.7 Å². The van der Waals surface area contributed by atoms with Crippen molar-refractivity contribution in [1.82, 2.24) is 4.98 Å². The Hall–Kier alpha value is -3.06. The number of rotatable bonds is 5. The maximum atomic E-state index is 11.8. The average molecular weight is 383 g/mol. The molecule has 0 aliphatic heterocycles. The van der Waals surface area contributed by atoms with Gasteiger partial charge in [0.1, 0.15) is 0 Å². The van der Waals surface area contributed by atoms with Gasteiger partial charge in [-0.15, -0.1) is 0 Å². The lowest BCUT2D eigenvalue weighted by molar-refractivity contribution is 0.100. The first kappa shape index (κ1) is 18.7. The number of hydrogen-bond donors (Lipinski definition) is 3. The van der Waals surface area contributed by atoms with Gasteiger partial charge >= 0.3 is 0 Å². The van der Waals surface area contributed by atoms with Gasteiger partial charge in [-0.1, -0.05) is 24.3 Å². The van der Waals surface area contributed by atoms with Crippen molar-refractivity contribution in [3.8, 4) is 11.1 Å². The monoisotopic (exact) mass is 383 g/mol. The summed E-state index contributed by atoms with van der Waals surface area (Å²) in [7, 11) is -2.80. The lowest BCUT2D eigenvalue weighted by atomic mass is 9.96. The minimum Gasteiger partial charge on any atom is -0.366 e. The van der Waals surface area contributed by atoms with E-state index in [1.165, 1.54) is 10.5 Å². The summed E-state index contributed by atoms with van der Waals surface area (Å²) in [4.78, 5) is 15.0. The van der Waals surface area contributed by atoms with Crippen LogP contribution in [0.1, 0.15) is 28.5 Å². The fourth-order valence-electron chi connectivity index (χ4n) is 3.23. The van der Waals surface area contributed by atoms with E-state index >= 15 is 0 Å². The summed E-state index contributed by atoms with van der Waals surface area (Å²) in [5.41, 5.74) is 10.9. The van der Waals surface area contributed by atoms with E-state index in [-0.39, 0.29) is 0 Å². The molecule has 0 fully saturated rings. The summed E-state index contributed by atoms with van der Waals surface area (Å²) >= 11 is 0. The molecule has 1 aromatic heterocycles. The summed E-state index contributed by atoms with van der Waals surface area (Å²) in [5.74, 6) is -0.496. The van der Waals surface area contributed by atoms with E-state index in [2.05, 4.69) is 4.98 Å². The highest BCUT2D eigenvalue weighted by Gasteiger charge is 2.17. The van der Waals surface area contributed by atoms with Gasteiger partial charge in [-0.05, 0) is 55.7 Å². The molecule has 27 heavy (non-hydrogen) atoms. The highest BCUT2D eigenvalue weighted by Crippen LogP contribution is 2.35. The molecule has 0 aliphatic rings. The van der Waals surface area contributed by atoms with Gasteiger partial charge in [0.25, 0.3) is 5.91 Å². The zero-order valence-corrected chi connectivity index (χ0v) is 16.2. The van der Waals surface area contributed by atoms with Crippen molar-refractivity contribution in [2.24, 2.45) is 5.73 Å². The number of H-pyrrole nitrogens is 1. The van der Waals surface area contributed by atoms with Crippen LogP contribution in [0.4, 0.5) is 5.69 Å². The second kappa shape index (κ2) is 7.28. The molecule has 0 unspecified atom stereocenters. The number of primary amides is 1. The molecule has 1 amide bonds. The van der Waals surface area contributed by atoms with Crippen molar-refractivity contribution in [1.29, 1.82) is 0 Å². The van der Waals surface area contributed by atoms with E-state index in [1.807, 2.05) is 38.1 Å². The molecule has 1 heterocycles. The number of amides is 1. The lowest BCUT2D eigenvalue weighted by Gasteiger charge is -2.15. The van der Waals surface area contributed by atoms with Crippen LogP contribution in [0.15, 0.2) is 48.7 Å². The van der Waals surface area contributed by atoms with Crippen LogP contribution in [0, 0.1) is 13.8 Å². The molecule has 7 heteroatoms. The van der Waals surface area contributed by atoms with Crippen LogP contribution >= 0.6 is 0 Å². The quantitative estimate of drug-likeness (QED) is 0.589. The van der Waals surface area contributed by atoms with E-state index < -0.39 is 16.8 Å². The number of allylic oxidation sites excluding steroid dienone is 1. The van der Waals surface area contributed by atoms with Crippen LogP contribution in [0.3, 0.4) is 0 Å². The summed E-state index contributed by atoms with van der Waals surface area (Å²) in [6.07, 6.45) is 3.17. The van der Waals surface area contributed by atoms with Crippen LogP contribution in [-0.4, -0.2) is 19.3 Å². The molecule has 3 aromatic rings. The number of benzene rings is 2. The molecule has 0 atom stereocenters. The maximum absolute atomic E-state index is 11.8. The minimum absolute atomic E-state index is 0.430. The molecular weight excluding hydrogens is 362 g/mol. The SMILES string of the molecule is CC=CN(c1cccc(-c2ccc(C(N)=O)c3[nH]c(C)c(C)c23)c1)[SH](=O)=O. The van der Waals surface area contributed by atoms with Crippen LogP contribution in [-0.2, 0) is 10.9 Å². The first-order valence-electron chi connectivity index (χ1n) is 8.43. The average Bonchev–Trinajstić information content (AvgIpc) is 2.93. The predicted molar refractivity (Wildman–Crippen MR) is 109 cm³/mol. The van der Waals surface area contributed by atoms with Crippen molar-refractivity contribution in [2.75, 3.05) is 4.31 Å². The number of nitrogens with one attached hydrogen (secondary N) is 1. The summed E-state index contributed by atoms with van der Waals surface area (Å²) in [6.45, 7) is 5.68. The van der Waals surface area contributed by atoms with Crippen molar-refractivity contribution >= 4 is 33.4 Å². The Balaban J connectivity index is 2.26. The Labute approximate surface area is 159 Å². The molecule has 3 rings (SSSR count). The molecule has 0 saturated heterocycles. The van der Waals surface area contributed by atoms with Crippen LogP contribution in [0.5, 0.6) is 0 Å². The second-order valence-electron chi connectivity index (χ2n) is 6.27. The number of carbonyl (C=O) groups is 1. The molecule has 0 saturated carbocycles. The topological polar surface area (TPSA) is 96.3 Å². The van der Waals surface area contributed by atoms with Gasteiger partial charge in [0.15, 0.2) is 0 Å². The van der Waals surface area contributed by atoms with Crippen molar-refractivity contribution in [2.45, 2.75) is 20.8 Å². The molecule has 0 aliphatic carbocycles. The number of carbonyl (C=O) groups excluding carboxylic acids is 1. The van der Waals surface area contributed by atoms with Gasteiger partial charge < -0.3 is 10.7 Å². The number of aromatic nitrogens is 1. The fraction of sp³-hybridized carbons (Fsp3) is 0.150. The van der Waals surface area contributed by atoms with E-state index in [0.29, 0.717) is 16.8 Å². The van der Waals surface area contributed by atoms with Gasteiger partial charge in [0.05, 0.1) is 16.8 Å². The van der Waals surface area contributed by atoms with Gasteiger partial charge in [0, 0.05) is 17.3 Å². The van der Waals surface area contributed by atoms with E-state index in [1.54, 1.807) is 25.1 Å². The number of thiol groups is 1. The smallest absolute Gasteiger partial charge is 0.250 e. The number of nitrogens with zero attached hydrogens (tertiary/aromatic N) is 1. The number of aryl methyl sites for hydroxylation is 2. The first-order chi connectivity index (χ1) is 12.8.